The van der Waals surface area contributed by atoms with Gasteiger partial charge in [-0.05, 0) is 40.8 Å². The first kappa shape index (κ1) is 15.3. The number of aromatic nitrogens is 2. The van der Waals surface area contributed by atoms with Crippen LogP contribution in [0.5, 0.6) is 0 Å². The fraction of sp³-hybridized carbons (Fsp3) is 0.533. The summed E-state index contributed by atoms with van der Waals surface area (Å²) in [6.45, 7) is 1.90. The van der Waals surface area contributed by atoms with Crippen LogP contribution in [0.4, 0.5) is 0 Å². The second-order valence-corrected chi connectivity index (χ2v) is 8.19. The highest BCUT2D eigenvalue weighted by Crippen LogP contribution is 2.49. The molecule has 2 fully saturated rings. The van der Waals surface area contributed by atoms with E-state index in [1.54, 1.807) is 11.3 Å². The molecule has 23 heavy (non-hydrogen) atoms. The normalized spacial score (nSPS) is 27.4. The molecule has 2 aromatic heterocycles. The number of carbonyl (C=O) groups is 1. The highest BCUT2D eigenvalue weighted by Gasteiger charge is 2.54. The SMILES string of the molecule is O=C(O)[C@@]12CCC[C@H]1CN(Cc1nc(-c3cc(Br)cs3)no1)C2. The van der Waals surface area contributed by atoms with Gasteiger partial charge in [0, 0.05) is 22.9 Å². The summed E-state index contributed by atoms with van der Waals surface area (Å²) in [7, 11) is 0. The Bertz CT molecular complexity index is 746. The molecule has 2 aliphatic rings. The minimum absolute atomic E-state index is 0.246. The predicted octanol–water partition coefficient (Wildman–Crippen LogP) is 3.25. The number of carboxylic acids is 1. The van der Waals surface area contributed by atoms with Crippen molar-refractivity contribution in [2.75, 3.05) is 13.1 Å². The number of rotatable bonds is 4. The van der Waals surface area contributed by atoms with Crippen LogP contribution in [-0.4, -0.2) is 39.2 Å². The van der Waals surface area contributed by atoms with E-state index < -0.39 is 11.4 Å². The summed E-state index contributed by atoms with van der Waals surface area (Å²) < 4.78 is 6.35. The third-order valence-corrected chi connectivity index (χ3v) is 6.67. The van der Waals surface area contributed by atoms with Gasteiger partial charge in [-0.25, -0.2) is 0 Å². The molecule has 1 aliphatic carbocycles. The zero-order chi connectivity index (χ0) is 16.0. The van der Waals surface area contributed by atoms with Gasteiger partial charge in [0.1, 0.15) is 0 Å². The summed E-state index contributed by atoms with van der Waals surface area (Å²) in [4.78, 5) is 19.2. The average molecular weight is 398 g/mol. The molecule has 1 aliphatic heterocycles. The largest absolute Gasteiger partial charge is 0.481 e. The van der Waals surface area contributed by atoms with E-state index in [1.807, 2.05) is 11.4 Å². The van der Waals surface area contributed by atoms with E-state index in [9.17, 15) is 9.90 Å². The number of halogens is 1. The molecule has 0 unspecified atom stereocenters. The fourth-order valence-corrected chi connectivity index (χ4v) is 5.26. The minimum atomic E-state index is -0.655. The molecule has 0 bridgehead atoms. The third-order valence-electron chi connectivity index (χ3n) is 4.98. The van der Waals surface area contributed by atoms with Crippen LogP contribution in [0.1, 0.15) is 25.2 Å². The molecular weight excluding hydrogens is 382 g/mol. The zero-order valence-corrected chi connectivity index (χ0v) is 14.8. The molecule has 0 aromatic carbocycles. The molecule has 2 aromatic rings. The number of carboxylic acid groups (broad SMARTS) is 1. The van der Waals surface area contributed by atoms with Gasteiger partial charge in [-0.15, -0.1) is 11.3 Å². The topological polar surface area (TPSA) is 79.5 Å². The summed E-state index contributed by atoms with van der Waals surface area (Å²) in [5.74, 6) is 0.723. The van der Waals surface area contributed by atoms with E-state index in [0.717, 1.165) is 35.2 Å². The lowest BCUT2D eigenvalue weighted by molar-refractivity contribution is -0.149. The number of fused-ring (bicyclic) bond motifs is 1. The minimum Gasteiger partial charge on any atom is -0.481 e. The van der Waals surface area contributed by atoms with Gasteiger partial charge in [-0.3, -0.25) is 9.69 Å². The number of hydrogen-bond acceptors (Lipinski definition) is 6. The van der Waals surface area contributed by atoms with Gasteiger partial charge in [0.2, 0.25) is 11.7 Å². The van der Waals surface area contributed by atoms with E-state index in [4.69, 9.17) is 4.52 Å². The maximum absolute atomic E-state index is 11.7. The van der Waals surface area contributed by atoms with E-state index in [1.165, 1.54) is 0 Å². The third kappa shape index (κ3) is 2.62. The van der Waals surface area contributed by atoms with Crippen LogP contribution in [0.3, 0.4) is 0 Å². The van der Waals surface area contributed by atoms with Crippen LogP contribution >= 0.6 is 27.3 Å². The molecule has 8 heteroatoms. The lowest BCUT2D eigenvalue weighted by Crippen LogP contribution is -2.35. The maximum Gasteiger partial charge on any atom is 0.311 e. The van der Waals surface area contributed by atoms with Crippen LogP contribution in [0, 0.1) is 11.3 Å². The highest BCUT2D eigenvalue weighted by atomic mass is 79.9. The van der Waals surface area contributed by atoms with Crippen molar-refractivity contribution in [2.45, 2.75) is 25.8 Å². The summed E-state index contributed by atoms with van der Waals surface area (Å²) in [6, 6.07) is 1.96. The maximum atomic E-state index is 11.7. The Kier molecular flexibility index (Phi) is 3.78. The van der Waals surface area contributed by atoms with Gasteiger partial charge in [-0.2, -0.15) is 4.98 Å². The quantitative estimate of drug-likeness (QED) is 0.852. The second kappa shape index (κ2) is 5.68. The summed E-state index contributed by atoms with van der Waals surface area (Å²) >= 11 is 4.97. The Morgan fingerprint density at radius 1 is 1.61 bits per heavy atom. The van der Waals surface area contributed by atoms with Crippen molar-refractivity contribution in [3.63, 3.8) is 0 Å². The van der Waals surface area contributed by atoms with Crippen LogP contribution < -0.4 is 0 Å². The monoisotopic (exact) mass is 397 g/mol. The molecule has 0 spiro atoms. The Morgan fingerprint density at radius 3 is 3.17 bits per heavy atom. The molecule has 3 heterocycles. The second-order valence-electron chi connectivity index (χ2n) is 6.36. The first-order valence-electron chi connectivity index (χ1n) is 7.59. The molecule has 1 saturated heterocycles. The van der Waals surface area contributed by atoms with Crippen molar-refractivity contribution in [1.29, 1.82) is 0 Å². The highest BCUT2D eigenvalue weighted by molar-refractivity contribution is 9.10. The summed E-state index contributed by atoms with van der Waals surface area (Å²) in [5, 5.41) is 15.6. The number of nitrogens with zero attached hydrogens (tertiary/aromatic N) is 3. The van der Waals surface area contributed by atoms with Crippen LogP contribution in [0.2, 0.25) is 0 Å². The first-order valence-corrected chi connectivity index (χ1v) is 9.27. The van der Waals surface area contributed by atoms with Crippen molar-refractivity contribution in [2.24, 2.45) is 11.3 Å². The summed E-state index contributed by atoms with van der Waals surface area (Å²) in [6.07, 6.45) is 2.80. The smallest absolute Gasteiger partial charge is 0.311 e. The molecule has 0 radical (unpaired) electrons. The standard InChI is InChI=1S/C15H16BrN3O3S/c16-10-4-11(23-7-10)13-17-12(22-18-13)6-19-5-9-2-1-3-15(9,8-19)14(20)21/h4,7,9H,1-3,5-6,8H2,(H,20,21)/t9-,15+/m0/s1. The van der Waals surface area contributed by atoms with Crippen LogP contribution in [0.25, 0.3) is 10.7 Å². The van der Waals surface area contributed by atoms with Gasteiger partial charge >= 0.3 is 5.97 Å². The lowest BCUT2D eigenvalue weighted by Gasteiger charge is -2.23. The molecule has 2 atom stereocenters. The van der Waals surface area contributed by atoms with Gasteiger partial charge < -0.3 is 9.63 Å². The van der Waals surface area contributed by atoms with Crippen molar-refractivity contribution >= 4 is 33.2 Å². The fourth-order valence-electron chi connectivity index (χ4n) is 3.90. The molecule has 6 nitrogen and oxygen atoms in total. The van der Waals surface area contributed by atoms with Crippen molar-refractivity contribution in [3.8, 4) is 10.7 Å². The Balaban J connectivity index is 1.48. The number of aliphatic carboxylic acids is 1. The van der Waals surface area contributed by atoms with Crippen molar-refractivity contribution in [3.05, 3.63) is 21.8 Å². The molecule has 1 saturated carbocycles. The van der Waals surface area contributed by atoms with Gasteiger partial charge in [0.05, 0.1) is 16.8 Å². The Hall–Kier alpha value is -1.25. The average Bonchev–Trinajstić information content (AvgIpc) is 3.21. The van der Waals surface area contributed by atoms with Gasteiger partial charge in [-0.1, -0.05) is 11.6 Å². The van der Waals surface area contributed by atoms with Crippen LogP contribution in [-0.2, 0) is 11.3 Å². The Labute approximate surface area is 145 Å². The van der Waals surface area contributed by atoms with Crippen molar-refractivity contribution < 1.29 is 14.4 Å². The predicted molar refractivity (Wildman–Crippen MR) is 88.0 cm³/mol. The zero-order valence-electron chi connectivity index (χ0n) is 12.4. The Morgan fingerprint density at radius 2 is 2.48 bits per heavy atom. The molecule has 122 valence electrons. The van der Waals surface area contributed by atoms with Crippen LogP contribution in [0.15, 0.2) is 20.4 Å². The molecular formula is C15H16BrN3O3S. The molecule has 1 N–H and O–H groups in total. The first-order chi connectivity index (χ1) is 11.1. The molecule has 0 amide bonds. The number of likely N-dealkylation sites (tertiary alicyclic amines) is 1. The number of thiophene rings is 1. The van der Waals surface area contributed by atoms with E-state index in [2.05, 4.69) is 31.0 Å². The van der Waals surface area contributed by atoms with E-state index in [0.29, 0.717) is 24.8 Å². The van der Waals surface area contributed by atoms with E-state index >= 15 is 0 Å². The summed E-state index contributed by atoms with van der Waals surface area (Å²) in [5.41, 5.74) is -0.568. The van der Waals surface area contributed by atoms with E-state index in [-0.39, 0.29) is 5.92 Å². The lowest BCUT2D eigenvalue weighted by atomic mass is 9.81. The van der Waals surface area contributed by atoms with Crippen molar-refractivity contribution in [1.82, 2.24) is 15.0 Å². The molecule has 4 rings (SSSR count). The number of hydrogen-bond donors (Lipinski definition) is 1. The van der Waals surface area contributed by atoms with Gasteiger partial charge in [0.25, 0.3) is 0 Å². The van der Waals surface area contributed by atoms with Gasteiger partial charge in [0.15, 0.2) is 0 Å².